The van der Waals surface area contributed by atoms with Gasteiger partial charge in [0.25, 0.3) is 5.91 Å². The molecule has 4 nitrogen and oxygen atoms in total. The monoisotopic (exact) mass is 284 g/mol. The Balaban J connectivity index is 2.06. The molecule has 1 N–H and O–H groups in total. The average molecular weight is 285 g/mol. The first kappa shape index (κ1) is 12.9. The van der Waals surface area contributed by atoms with Gasteiger partial charge in [-0.3, -0.25) is 4.79 Å². The fraction of sp³-hybridized carbons (Fsp3) is 0.167. The number of carbonyl (C=O) groups is 1. The first-order chi connectivity index (χ1) is 8.58. The highest BCUT2D eigenvalue weighted by atomic mass is 35.5. The van der Waals surface area contributed by atoms with Crippen LogP contribution in [0.1, 0.15) is 21.8 Å². The highest BCUT2D eigenvalue weighted by molar-refractivity contribution is 6.36. The standard InChI is InChI=1S/C12H10Cl2N2O2/c1-7-11(18-6-16-7)5-15-12(17)9-3-2-8(13)4-10(9)14/h2-4,6H,5H2,1H3,(H,15,17). The third-order valence-corrected chi connectivity index (χ3v) is 2.98. The number of aryl methyl sites for hydroxylation is 1. The maximum absolute atomic E-state index is 11.9. The Bertz CT molecular complexity index is 581. The Labute approximate surface area is 114 Å². The van der Waals surface area contributed by atoms with Crippen LogP contribution < -0.4 is 5.32 Å². The quantitative estimate of drug-likeness (QED) is 0.942. The van der Waals surface area contributed by atoms with Gasteiger partial charge in [0.2, 0.25) is 0 Å². The van der Waals surface area contributed by atoms with Gasteiger partial charge in [-0.05, 0) is 25.1 Å². The summed E-state index contributed by atoms with van der Waals surface area (Å²) in [5.41, 5.74) is 1.12. The molecule has 1 aromatic carbocycles. The SMILES string of the molecule is Cc1ncoc1CNC(=O)c1ccc(Cl)cc1Cl. The van der Waals surface area contributed by atoms with E-state index in [2.05, 4.69) is 10.3 Å². The van der Waals surface area contributed by atoms with Gasteiger partial charge in [-0.25, -0.2) is 4.98 Å². The molecular formula is C12H10Cl2N2O2. The normalized spacial score (nSPS) is 10.4. The zero-order valence-corrected chi connectivity index (χ0v) is 11.0. The van der Waals surface area contributed by atoms with Crippen LogP contribution >= 0.6 is 23.2 Å². The highest BCUT2D eigenvalue weighted by Gasteiger charge is 2.12. The molecule has 0 saturated heterocycles. The molecule has 1 heterocycles. The molecule has 0 aliphatic heterocycles. The summed E-state index contributed by atoms with van der Waals surface area (Å²) < 4.78 is 5.12. The molecule has 1 amide bonds. The second kappa shape index (κ2) is 5.42. The minimum Gasteiger partial charge on any atom is -0.446 e. The maximum atomic E-state index is 11.9. The van der Waals surface area contributed by atoms with Crippen molar-refractivity contribution in [3.05, 3.63) is 51.7 Å². The average Bonchev–Trinajstić information content (AvgIpc) is 2.72. The lowest BCUT2D eigenvalue weighted by atomic mass is 10.2. The number of oxazole rings is 1. The van der Waals surface area contributed by atoms with E-state index in [4.69, 9.17) is 27.6 Å². The maximum Gasteiger partial charge on any atom is 0.253 e. The molecule has 0 atom stereocenters. The van der Waals surface area contributed by atoms with E-state index in [9.17, 15) is 4.79 Å². The summed E-state index contributed by atoms with van der Waals surface area (Å²) in [6.07, 6.45) is 1.34. The van der Waals surface area contributed by atoms with Crippen LogP contribution in [0.2, 0.25) is 10.0 Å². The smallest absolute Gasteiger partial charge is 0.253 e. The molecule has 0 bridgehead atoms. The van der Waals surface area contributed by atoms with E-state index in [1.807, 2.05) is 0 Å². The van der Waals surface area contributed by atoms with Gasteiger partial charge in [0.1, 0.15) is 5.76 Å². The topological polar surface area (TPSA) is 55.1 Å². The van der Waals surface area contributed by atoms with E-state index in [1.54, 1.807) is 19.1 Å². The molecule has 2 rings (SSSR count). The van der Waals surface area contributed by atoms with Crippen LogP contribution in [0.4, 0.5) is 0 Å². The molecule has 0 saturated carbocycles. The van der Waals surface area contributed by atoms with E-state index >= 15 is 0 Å². The fourth-order valence-corrected chi connectivity index (χ4v) is 1.92. The molecular weight excluding hydrogens is 275 g/mol. The van der Waals surface area contributed by atoms with Crippen molar-refractivity contribution >= 4 is 29.1 Å². The number of carbonyl (C=O) groups excluding carboxylic acids is 1. The molecule has 0 aliphatic rings. The lowest BCUT2D eigenvalue weighted by Crippen LogP contribution is -2.23. The van der Waals surface area contributed by atoms with Crippen LogP contribution in [0.3, 0.4) is 0 Å². The van der Waals surface area contributed by atoms with Crippen LogP contribution in [0.15, 0.2) is 29.0 Å². The number of rotatable bonds is 3. The summed E-state index contributed by atoms with van der Waals surface area (Å²) in [4.78, 5) is 15.8. The van der Waals surface area contributed by atoms with Gasteiger partial charge in [0, 0.05) is 5.02 Å². The van der Waals surface area contributed by atoms with Gasteiger partial charge in [-0.1, -0.05) is 23.2 Å². The van der Waals surface area contributed by atoms with E-state index in [1.165, 1.54) is 12.5 Å². The van der Waals surface area contributed by atoms with Gasteiger partial charge in [0.15, 0.2) is 6.39 Å². The summed E-state index contributed by atoms with van der Waals surface area (Å²) >= 11 is 11.7. The number of nitrogens with one attached hydrogen (secondary N) is 1. The molecule has 0 unspecified atom stereocenters. The van der Waals surface area contributed by atoms with Crippen molar-refractivity contribution in [2.24, 2.45) is 0 Å². The lowest BCUT2D eigenvalue weighted by molar-refractivity contribution is 0.0948. The van der Waals surface area contributed by atoms with E-state index in [0.717, 1.165) is 5.69 Å². The highest BCUT2D eigenvalue weighted by Crippen LogP contribution is 2.20. The summed E-state index contributed by atoms with van der Waals surface area (Å²) in [5.74, 6) is 0.334. The second-order valence-electron chi connectivity index (χ2n) is 3.67. The largest absolute Gasteiger partial charge is 0.446 e. The minimum absolute atomic E-state index is 0.267. The Hall–Kier alpha value is -1.52. The van der Waals surface area contributed by atoms with Crippen LogP contribution in [0.25, 0.3) is 0 Å². The first-order valence-corrected chi connectivity index (χ1v) is 5.95. The van der Waals surface area contributed by atoms with Crippen molar-refractivity contribution in [2.75, 3.05) is 0 Å². The zero-order chi connectivity index (χ0) is 13.1. The number of hydrogen-bond acceptors (Lipinski definition) is 3. The molecule has 94 valence electrons. The molecule has 2 aromatic rings. The van der Waals surface area contributed by atoms with E-state index in [0.29, 0.717) is 21.4 Å². The third kappa shape index (κ3) is 2.83. The van der Waals surface area contributed by atoms with Gasteiger partial charge in [-0.15, -0.1) is 0 Å². The van der Waals surface area contributed by atoms with E-state index in [-0.39, 0.29) is 12.5 Å². The van der Waals surface area contributed by atoms with Crippen molar-refractivity contribution in [2.45, 2.75) is 13.5 Å². The molecule has 1 aromatic heterocycles. The van der Waals surface area contributed by atoms with Crippen LogP contribution in [0.5, 0.6) is 0 Å². The predicted molar refractivity (Wildman–Crippen MR) is 68.9 cm³/mol. The van der Waals surface area contributed by atoms with Crippen LogP contribution in [-0.4, -0.2) is 10.9 Å². The molecule has 0 spiro atoms. The Morgan fingerprint density at radius 1 is 1.44 bits per heavy atom. The van der Waals surface area contributed by atoms with Gasteiger partial charge in [0.05, 0.1) is 22.8 Å². The Kier molecular flexibility index (Phi) is 3.89. The Morgan fingerprint density at radius 3 is 2.83 bits per heavy atom. The van der Waals surface area contributed by atoms with Crippen molar-refractivity contribution in [3.8, 4) is 0 Å². The zero-order valence-electron chi connectivity index (χ0n) is 9.54. The first-order valence-electron chi connectivity index (χ1n) is 5.20. The van der Waals surface area contributed by atoms with Crippen molar-refractivity contribution < 1.29 is 9.21 Å². The Morgan fingerprint density at radius 2 is 2.22 bits per heavy atom. The predicted octanol–water partition coefficient (Wildman–Crippen LogP) is 3.22. The van der Waals surface area contributed by atoms with Gasteiger partial charge >= 0.3 is 0 Å². The number of amides is 1. The molecule has 18 heavy (non-hydrogen) atoms. The van der Waals surface area contributed by atoms with Crippen LogP contribution in [-0.2, 0) is 6.54 Å². The summed E-state index contributed by atoms with van der Waals surface area (Å²) in [7, 11) is 0. The van der Waals surface area contributed by atoms with Crippen LogP contribution in [0, 0.1) is 6.92 Å². The molecule has 0 aliphatic carbocycles. The van der Waals surface area contributed by atoms with Gasteiger partial charge < -0.3 is 9.73 Å². The number of aromatic nitrogens is 1. The molecule has 6 heteroatoms. The summed E-state index contributed by atoms with van der Waals surface area (Å²) in [6, 6.07) is 4.72. The number of halogens is 2. The summed E-state index contributed by atoms with van der Waals surface area (Å²) in [5, 5.41) is 3.50. The second-order valence-corrected chi connectivity index (χ2v) is 4.51. The van der Waals surface area contributed by atoms with Crippen molar-refractivity contribution in [1.29, 1.82) is 0 Å². The minimum atomic E-state index is -0.285. The lowest BCUT2D eigenvalue weighted by Gasteiger charge is -2.05. The number of benzene rings is 1. The van der Waals surface area contributed by atoms with E-state index < -0.39 is 0 Å². The third-order valence-electron chi connectivity index (χ3n) is 2.43. The number of hydrogen-bond donors (Lipinski definition) is 1. The van der Waals surface area contributed by atoms with Gasteiger partial charge in [-0.2, -0.15) is 0 Å². The summed E-state index contributed by atoms with van der Waals surface area (Å²) in [6.45, 7) is 2.07. The number of nitrogens with zero attached hydrogens (tertiary/aromatic N) is 1. The van der Waals surface area contributed by atoms with Crippen molar-refractivity contribution in [3.63, 3.8) is 0 Å². The van der Waals surface area contributed by atoms with Crippen molar-refractivity contribution in [1.82, 2.24) is 10.3 Å². The molecule has 0 radical (unpaired) electrons. The fourth-order valence-electron chi connectivity index (χ4n) is 1.43. The molecule has 0 fully saturated rings.